The Morgan fingerprint density at radius 3 is 2.48 bits per heavy atom. The first-order valence-electron chi connectivity index (χ1n) is 5.75. The third-order valence-corrected chi connectivity index (χ3v) is 2.62. The predicted molar refractivity (Wildman–Crippen MR) is 73.3 cm³/mol. The zero-order valence-electron chi connectivity index (χ0n) is 10.8. The van der Waals surface area contributed by atoms with Crippen LogP contribution >= 0.6 is 11.6 Å². The number of anilines is 1. The zero-order chi connectivity index (χ0) is 16.0. The number of nitrogens with two attached hydrogens (primary N) is 1. The maximum atomic E-state index is 12.9. The molecule has 0 aliphatic rings. The molecule has 0 atom stereocenters. The first-order chi connectivity index (χ1) is 9.77. The van der Waals surface area contributed by atoms with E-state index in [4.69, 9.17) is 22.4 Å². The van der Waals surface area contributed by atoms with Crippen molar-refractivity contribution in [1.82, 2.24) is 4.90 Å². The standard InChI is InChI=1S/C12H13ClFN3O4/c13-8-3-7(14)1-2-9(8)16-11(19)5-17(4-10(15)18)6-12(20)21/h1-3H,4-6H2,(H2,15,18)(H,16,19)(H,20,21). The molecule has 4 N–H and O–H groups in total. The molecule has 9 heteroatoms. The smallest absolute Gasteiger partial charge is 0.317 e. The number of hydrogen-bond donors (Lipinski definition) is 3. The van der Waals surface area contributed by atoms with Gasteiger partial charge in [0, 0.05) is 0 Å². The van der Waals surface area contributed by atoms with E-state index in [0.29, 0.717) is 0 Å². The van der Waals surface area contributed by atoms with Crippen molar-refractivity contribution >= 4 is 35.1 Å². The molecule has 0 aliphatic heterocycles. The molecule has 0 unspecified atom stereocenters. The Kier molecular flexibility index (Phi) is 6.07. The molecule has 0 bridgehead atoms. The van der Waals surface area contributed by atoms with Crippen LogP contribution in [0.25, 0.3) is 0 Å². The van der Waals surface area contributed by atoms with E-state index in [1.54, 1.807) is 0 Å². The number of nitrogens with zero attached hydrogens (tertiary/aromatic N) is 1. The average molecular weight is 318 g/mol. The number of nitrogens with one attached hydrogen (secondary N) is 1. The molecule has 114 valence electrons. The van der Waals surface area contributed by atoms with Crippen LogP contribution in [-0.2, 0) is 14.4 Å². The van der Waals surface area contributed by atoms with Gasteiger partial charge in [-0.1, -0.05) is 11.6 Å². The van der Waals surface area contributed by atoms with Gasteiger partial charge in [-0.15, -0.1) is 0 Å². The maximum absolute atomic E-state index is 12.9. The minimum atomic E-state index is -1.20. The maximum Gasteiger partial charge on any atom is 0.317 e. The summed E-state index contributed by atoms with van der Waals surface area (Å²) in [6, 6.07) is 3.40. The van der Waals surface area contributed by atoms with Crippen molar-refractivity contribution < 1.29 is 23.9 Å². The van der Waals surface area contributed by atoms with Gasteiger partial charge in [0.2, 0.25) is 11.8 Å². The van der Waals surface area contributed by atoms with Crippen LogP contribution in [0.5, 0.6) is 0 Å². The summed E-state index contributed by atoms with van der Waals surface area (Å²) < 4.78 is 12.9. The van der Waals surface area contributed by atoms with Crippen LogP contribution < -0.4 is 11.1 Å². The number of carboxylic acid groups (broad SMARTS) is 1. The number of halogens is 2. The van der Waals surface area contributed by atoms with Gasteiger partial charge in [0.25, 0.3) is 0 Å². The van der Waals surface area contributed by atoms with Crippen LogP contribution in [0.1, 0.15) is 0 Å². The largest absolute Gasteiger partial charge is 0.480 e. The van der Waals surface area contributed by atoms with Crippen LogP contribution in [0.15, 0.2) is 18.2 Å². The Bertz CT molecular complexity index is 551. The second-order valence-corrected chi connectivity index (χ2v) is 4.58. The summed E-state index contributed by atoms with van der Waals surface area (Å²) in [5.74, 6) is -3.13. The third kappa shape index (κ3) is 6.19. The topological polar surface area (TPSA) is 113 Å². The van der Waals surface area contributed by atoms with E-state index in [1.807, 2.05) is 0 Å². The van der Waals surface area contributed by atoms with E-state index in [2.05, 4.69) is 5.32 Å². The third-order valence-electron chi connectivity index (χ3n) is 2.31. The van der Waals surface area contributed by atoms with Crippen molar-refractivity contribution in [2.24, 2.45) is 5.73 Å². The highest BCUT2D eigenvalue weighted by Gasteiger charge is 2.16. The van der Waals surface area contributed by atoms with Gasteiger partial charge in [-0.3, -0.25) is 19.3 Å². The van der Waals surface area contributed by atoms with Gasteiger partial charge in [-0.2, -0.15) is 0 Å². The van der Waals surface area contributed by atoms with Crippen LogP contribution in [0.4, 0.5) is 10.1 Å². The Labute approximate surface area is 124 Å². The lowest BCUT2D eigenvalue weighted by Gasteiger charge is -2.18. The Morgan fingerprint density at radius 1 is 1.29 bits per heavy atom. The SMILES string of the molecule is NC(=O)CN(CC(=O)O)CC(=O)Nc1ccc(F)cc1Cl. The highest BCUT2D eigenvalue weighted by atomic mass is 35.5. The zero-order valence-corrected chi connectivity index (χ0v) is 11.6. The van der Waals surface area contributed by atoms with Crippen molar-refractivity contribution in [2.75, 3.05) is 25.0 Å². The van der Waals surface area contributed by atoms with E-state index in [9.17, 15) is 18.8 Å². The van der Waals surface area contributed by atoms with Crippen LogP contribution in [0, 0.1) is 5.82 Å². The van der Waals surface area contributed by atoms with Gasteiger partial charge >= 0.3 is 5.97 Å². The lowest BCUT2D eigenvalue weighted by atomic mass is 10.3. The fourth-order valence-corrected chi connectivity index (χ4v) is 1.78. The van der Waals surface area contributed by atoms with E-state index in [1.165, 1.54) is 6.07 Å². The van der Waals surface area contributed by atoms with E-state index in [0.717, 1.165) is 17.0 Å². The van der Waals surface area contributed by atoms with Crippen molar-refractivity contribution in [3.63, 3.8) is 0 Å². The van der Waals surface area contributed by atoms with E-state index < -0.39 is 30.1 Å². The molecule has 0 saturated heterocycles. The molecule has 0 radical (unpaired) electrons. The highest BCUT2D eigenvalue weighted by Crippen LogP contribution is 2.22. The van der Waals surface area contributed by atoms with Crippen LogP contribution in [-0.4, -0.2) is 47.4 Å². The summed E-state index contributed by atoms with van der Waals surface area (Å²) in [6.07, 6.45) is 0. The molecule has 7 nitrogen and oxygen atoms in total. The number of carbonyl (C=O) groups is 3. The predicted octanol–water partition coefficient (Wildman–Crippen LogP) is 0.289. The lowest BCUT2D eigenvalue weighted by molar-refractivity contribution is -0.138. The molecule has 0 aromatic heterocycles. The first kappa shape index (κ1) is 16.9. The molecule has 2 amide bonds. The summed E-state index contributed by atoms with van der Waals surface area (Å²) in [6.45, 7) is -1.27. The molecule has 1 rings (SSSR count). The van der Waals surface area contributed by atoms with Gasteiger partial charge < -0.3 is 16.2 Å². The van der Waals surface area contributed by atoms with Gasteiger partial charge in [0.1, 0.15) is 5.82 Å². The van der Waals surface area contributed by atoms with Crippen molar-refractivity contribution in [3.05, 3.63) is 29.0 Å². The molecule has 0 spiro atoms. The number of carbonyl (C=O) groups excluding carboxylic acids is 2. The molecule has 0 saturated carbocycles. The molecule has 1 aromatic rings. The quantitative estimate of drug-likeness (QED) is 0.669. The summed E-state index contributed by atoms with van der Waals surface area (Å²) in [5.41, 5.74) is 5.15. The molecule has 0 aliphatic carbocycles. The second-order valence-electron chi connectivity index (χ2n) is 4.18. The summed E-state index contributed by atoms with van der Waals surface area (Å²) in [4.78, 5) is 34.3. The molecule has 0 heterocycles. The second kappa shape index (κ2) is 7.55. The van der Waals surface area contributed by atoms with Gasteiger partial charge in [0.15, 0.2) is 0 Å². The van der Waals surface area contributed by atoms with E-state index >= 15 is 0 Å². The normalized spacial score (nSPS) is 10.4. The van der Waals surface area contributed by atoms with Crippen molar-refractivity contribution in [2.45, 2.75) is 0 Å². The number of amides is 2. The van der Waals surface area contributed by atoms with Crippen molar-refractivity contribution in [1.29, 1.82) is 0 Å². The fraction of sp³-hybridized carbons (Fsp3) is 0.250. The fourth-order valence-electron chi connectivity index (χ4n) is 1.56. The van der Waals surface area contributed by atoms with Crippen molar-refractivity contribution in [3.8, 4) is 0 Å². The van der Waals surface area contributed by atoms with E-state index in [-0.39, 0.29) is 23.8 Å². The molecule has 0 fully saturated rings. The average Bonchev–Trinajstić information content (AvgIpc) is 2.30. The number of rotatable bonds is 7. The molecular formula is C12H13ClFN3O4. The number of primary amides is 1. The summed E-state index contributed by atoms with van der Waals surface area (Å²) >= 11 is 5.74. The Morgan fingerprint density at radius 2 is 1.95 bits per heavy atom. The number of aliphatic carboxylic acids is 1. The van der Waals surface area contributed by atoms with Gasteiger partial charge in [-0.05, 0) is 18.2 Å². The molecule has 1 aromatic carbocycles. The van der Waals surface area contributed by atoms with Gasteiger partial charge in [0.05, 0.1) is 30.3 Å². The van der Waals surface area contributed by atoms with Crippen LogP contribution in [0.3, 0.4) is 0 Å². The minimum absolute atomic E-state index is 0.00281. The Hall–Kier alpha value is -2.19. The first-order valence-corrected chi connectivity index (χ1v) is 6.13. The molecular weight excluding hydrogens is 305 g/mol. The highest BCUT2D eigenvalue weighted by molar-refractivity contribution is 6.33. The lowest BCUT2D eigenvalue weighted by Crippen LogP contribution is -2.41. The number of benzene rings is 1. The number of hydrogen-bond acceptors (Lipinski definition) is 4. The summed E-state index contributed by atoms with van der Waals surface area (Å²) in [7, 11) is 0. The monoisotopic (exact) mass is 317 g/mol. The molecule has 21 heavy (non-hydrogen) atoms. The minimum Gasteiger partial charge on any atom is -0.480 e. The van der Waals surface area contributed by atoms with Crippen LogP contribution in [0.2, 0.25) is 5.02 Å². The van der Waals surface area contributed by atoms with Gasteiger partial charge in [-0.25, -0.2) is 4.39 Å². The number of carboxylic acids is 1. The summed E-state index contributed by atoms with van der Waals surface area (Å²) in [5, 5.41) is 11.1. The Balaban J connectivity index is 2.68.